The highest BCUT2D eigenvalue weighted by atomic mass is 35.5. The van der Waals surface area contributed by atoms with E-state index in [0.29, 0.717) is 84.2 Å². The quantitative estimate of drug-likeness (QED) is 0.0462. The number of rotatable bonds is 18. The van der Waals surface area contributed by atoms with Gasteiger partial charge in [-0.05, 0) is 210 Å². The van der Waals surface area contributed by atoms with Gasteiger partial charge < -0.3 is 24.5 Å². The number of likely N-dealkylation sites (tertiary alicyclic amines) is 4. The first-order valence-corrected chi connectivity index (χ1v) is 39.5. The zero-order chi connectivity index (χ0) is 70.1. The van der Waals surface area contributed by atoms with Gasteiger partial charge in [-0.3, -0.25) is 19.4 Å². The number of nitrogens with zero attached hydrogens (tertiary/aromatic N) is 6. The minimum Gasteiger partial charge on any atom is -0.444 e. The zero-order valence-corrected chi connectivity index (χ0v) is 58.9. The van der Waals surface area contributed by atoms with Crippen molar-refractivity contribution < 1.29 is 70.4 Å². The van der Waals surface area contributed by atoms with E-state index >= 15 is 0 Å². The fourth-order valence-electron chi connectivity index (χ4n) is 13.5. The number of amides is 2. The minimum atomic E-state index is -4.04. The van der Waals surface area contributed by atoms with Crippen LogP contribution in [0.3, 0.4) is 0 Å². The molecule has 0 aliphatic carbocycles. The van der Waals surface area contributed by atoms with Crippen molar-refractivity contribution in [2.75, 3.05) is 90.5 Å². The highest BCUT2D eigenvalue weighted by Crippen LogP contribution is 2.39. The number of halogens is 5. The van der Waals surface area contributed by atoms with Gasteiger partial charge in [0.2, 0.25) is 51.2 Å². The molecule has 2 atom stereocenters. The zero-order valence-electron chi connectivity index (χ0n) is 54.8. The molecule has 4 aliphatic rings. The van der Waals surface area contributed by atoms with E-state index in [1.54, 1.807) is 9.80 Å². The normalized spacial score (nSPS) is 18.2. The van der Waals surface area contributed by atoms with Gasteiger partial charge in [-0.15, -0.1) is 0 Å². The number of piperidine rings is 4. The molecule has 2 N–H and O–H groups in total. The van der Waals surface area contributed by atoms with Crippen molar-refractivity contribution in [2.24, 2.45) is 11.8 Å². The molecule has 4 aliphatic heterocycles. The van der Waals surface area contributed by atoms with Crippen LogP contribution in [0.4, 0.5) is 22.4 Å². The average Bonchev–Trinajstić information content (AvgIpc) is 1.20. The summed E-state index contributed by atoms with van der Waals surface area (Å²) in [7, 11) is -16.0. The molecule has 6 heterocycles. The van der Waals surface area contributed by atoms with Crippen molar-refractivity contribution in [3.05, 3.63) is 155 Å². The maximum absolute atomic E-state index is 13.5. The topological polar surface area (TPSA) is 248 Å². The number of allylic oxidation sites excluding steroid dienone is 1. The van der Waals surface area contributed by atoms with Crippen LogP contribution < -0.4 is 0 Å². The summed E-state index contributed by atoms with van der Waals surface area (Å²) in [5.41, 5.74) is 4.65. The van der Waals surface area contributed by atoms with Crippen LogP contribution in [0.1, 0.15) is 106 Å². The third-order valence-corrected chi connectivity index (χ3v) is 24.9. The third kappa shape index (κ3) is 21.0. The summed E-state index contributed by atoms with van der Waals surface area (Å²) in [6.07, 6.45) is 18.3. The second kappa shape index (κ2) is 32.0. The van der Waals surface area contributed by atoms with Crippen LogP contribution in [-0.4, -0.2) is 196 Å². The lowest BCUT2D eigenvalue weighted by molar-refractivity contribution is -0.127. The maximum Gasteiger partial charge on any atom is 0.410 e. The van der Waals surface area contributed by atoms with E-state index < -0.39 is 74.2 Å². The van der Waals surface area contributed by atoms with Gasteiger partial charge in [0.15, 0.2) is 0 Å². The Morgan fingerprint density at radius 3 is 1.22 bits per heavy atom. The largest absolute Gasteiger partial charge is 0.444 e. The molecular weight excluding hydrogens is 1350 g/mol. The number of fused-ring (bicyclic) bond motifs is 2. The van der Waals surface area contributed by atoms with Crippen LogP contribution in [-0.2, 0) is 54.4 Å². The molecule has 2 aromatic heterocycles. The first kappa shape index (κ1) is 75.3. The van der Waals surface area contributed by atoms with Gasteiger partial charge in [0, 0.05) is 104 Å². The number of aromatic nitrogens is 2. The Morgan fingerprint density at radius 2 is 0.875 bits per heavy atom. The van der Waals surface area contributed by atoms with Gasteiger partial charge in [-0.25, -0.2) is 56.0 Å². The number of H-pyrrole nitrogens is 2. The Kier molecular flexibility index (Phi) is 25.1. The first-order valence-electron chi connectivity index (χ1n) is 31.7. The summed E-state index contributed by atoms with van der Waals surface area (Å²) >= 11 is 4.99. The Morgan fingerprint density at radius 1 is 0.531 bits per heavy atom. The van der Waals surface area contributed by atoms with Gasteiger partial charge >= 0.3 is 6.09 Å². The van der Waals surface area contributed by atoms with Crippen LogP contribution in [0.2, 0.25) is 0 Å². The molecule has 6 aromatic rings. The van der Waals surface area contributed by atoms with Crippen molar-refractivity contribution >= 4 is 103 Å². The number of para-hydroxylation sites is 2. The summed E-state index contributed by atoms with van der Waals surface area (Å²) in [4.78, 5) is 50.3. The van der Waals surface area contributed by atoms with Crippen molar-refractivity contribution in [1.82, 2.24) is 37.0 Å². The fraction of sp³-hybridized carbons (Fsp3) is 0.478. The molecule has 2 amide bonds. The number of hydrogen-bond acceptors (Lipinski definition) is 14. The number of benzene rings is 4. The Balaban J connectivity index is 0.000000208. The van der Waals surface area contributed by atoms with Gasteiger partial charge in [-0.2, -0.15) is 0 Å². The number of sulfonamides is 4. The van der Waals surface area contributed by atoms with E-state index in [1.165, 1.54) is 40.1 Å². The van der Waals surface area contributed by atoms with Crippen LogP contribution in [0, 0.1) is 35.1 Å². The standard InChI is InChI=1S/C31H38F2N4O5S2.C27H42N4O6S2.C9H5ClF2O/c1-43(39,40)37(44(2,41)42)21-30(35-13-9-23(10-14-35)28-20-34-29-6-4-3-5-27(28)29)24-11-15-36(16-12-24)31(38)8-7-22-17-25(32)19-26(33)18-22;1-27(2,3)37-26(32)30-16-12-21(13-17-30)25(19-31(38(4,33)34)39(5,35)36)29-14-10-20(11-15-29)23-18-28-24-9-7-6-8-22(23)24;10-9(13)2-1-6-3-7(11)5-8(12)4-6/h3-8,17-20,23-24,30,34H,9-16,21H2,1-2H3;6-9,18,20-21,25,28H,10-17,19H2,1-5H3;1-5H/b8-7+;;2-1+. The minimum absolute atomic E-state index is 0.0410. The van der Waals surface area contributed by atoms with Crippen LogP contribution in [0.25, 0.3) is 34.0 Å². The lowest BCUT2D eigenvalue weighted by Gasteiger charge is -2.45. The molecular formula is C67H85ClF4N8O12S4. The molecule has 29 heteroatoms. The fourth-order valence-corrected chi connectivity index (χ4v) is 19.2. The van der Waals surface area contributed by atoms with E-state index in [4.69, 9.17) is 16.3 Å². The Bertz CT molecular complexity index is 4150. The monoisotopic (exact) mass is 1430 g/mol. The van der Waals surface area contributed by atoms with Crippen LogP contribution in [0.5, 0.6) is 0 Å². The van der Waals surface area contributed by atoms with Crippen molar-refractivity contribution in [2.45, 2.75) is 102 Å². The van der Waals surface area contributed by atoms with Crippen molar-refractivity contribution in [3.63, 3.8) is 0 Å². The van der Waals surface area contributed by atoms with Gasteiger partial charge in [0.05, 0.1) is 25.0 Å². The van der Waals surface area contributed by atoms with E-state index in [9.17, 15) is 65.6 Å². The lowest BCUT2D eigenvalue weighted by atomic mass is 9.84. The summed E-state index contributed by atoms with van der Waals surface area (Å²) < 4.78 is 160. The Hall–Kier alpha value is -6.50. The van der Waals surface area contributed by atoms with Gasteiger partial charge in [-0.1, -0.05) is 43.8 Å². The van der Waals surface area contributed by atoms with E-state index in [2.05, 4.69) is 50.4 Å². The second-order valence-corrected chi connectivity index (χ2v) is 34.6. The average molecular weight is 1430 g/mol. The molecule has 10 rings (SSSR count). The molecule has 524 valence electrons. The highest BCUT2D eigenvalue weighted by Gasteiger charge is 2.42. The van der Waals surface area contributed by atoms with E-state index in [0.717, 1.165) is 117 Å². The van der Waals surface area contributed by atoms with Gasteiger partial charge in [0.25, 0.3) is 0 Å². The predicted molar refractivity (Wildman–Crippen MR) is 366 cm³/mol. The molecule has 2 unspecified atom stereocenters. The van der Waals surface area contributed by atoms with Crippen molar-refractivity contribution in [3.8, 4) is 0 Å². The smallest absolute Gasteiger partial charge is 0.410 e. The summed E-state index contributed by atoms with van der Waals surface area (Å²) in [5, 5.41) is 1.73. The number of ether oxygens (including phenoxy) is 1. The molecule has 0 radical (unpaired) electrons. The van der Waals surface area contributed by atoms with Crippen molar-refractivity contribution in [1.29, 1.82) is 0 Å². The van der Waals surface area contributed by atoms with Gasteiger partial charge in [0.1, 0.15) is 28.9 Å². The lowest BCUT2D eigenvalue weighted by Crippen LogP contribution is -2.55. The third-order valence-electron chi connectivity index (χ3n) is 18.0. The summed E-state index contributed by atoms with van der Waals surface area (Å²) in [6.45, 7) is 9.80. The van der Waals surface area contributed by atoms with E-state index in [1.807, 2.05) is 51.1 Å². The van der Waals surface area contributed by atoms with E-state index in [-0.39, 0.29) is 60.1 Å². The number of nitrogens with one attached hydrogen (secondary N) is 2. The first-order chi connectivity index (χ1) is 45.0. The second-order valence-electron chi connectivity index (χ2n) is 26.1. The maximum atomic E-state index is 13.5. The van der Waals surface area contributed by atoms with Crippen LogP contribution >= 0.6 is 11.6 Å². The Labute approximate surface area is 565 Å². The summed E-state index contributed by atoms with van der Waals surface area (Å²) in [5.74, 6) is -2.45. The van der Waals surface area contributed by atoms with Crippen LogP contribution in [0.15, 0.2) is 109 Å². The molecule has 96 heavy (non-hydrogen) atoms. The molecule has 0 spiro atoms. The number of carbonyl (C=O) groups is 3. The highest BCUT2D eigenvalue weighted by molar-refractivity contribution is 8.03. The predicted octanol–water partition coefficient (Wildman–Crippen LogP) is 10.5. The molecule has 0 saturated carbocycles. The molecule has 4 aromatic carbocycles. The molecule has 4 saturated heterocycles. The molecule has 0 bridgehead atoms. The number of hydrogen-bond donors (Lipinski definition) is 2. The summed E-state index contributed by atoms with van der Waals surface area (Å²) in [6, 6.07) is 21.8. The molecule has 20 nitrogen and oxygen atoms in total. The SMILES string of the molecule is CC(C)(C)OC(=O)N1CCC(C(CN(S(C)(=O)=O)S(C)(=O)=O)N2CCC(c3c[nH]c4ccccc34)CC2)CC1.CS(=O)(=O)N(CC(C1CCN(C(=O)/C=C/c2cc(F)cc(F)c2)CC1)N1CCC(c2c[nH]c3ccccc23)CC1)S(C)(=O)=O.O=C(Cl)/C=C/c1cc(F)cc(F)c1. The molecule has 4 fully saturated rings. The number of carbonyl (C=O) groups excluding carboxylic acids is 3. The number of aromatic amines is 2.